The average molecular weight is 486 g/mol. The molecule has 0 aliphatic heterocycles. The molecule has 6 nitrogen and oxygen atoms in total. The number of nitrogens with zero attached hydrogens (tertiary/aromatic N) is 3. The summed E-state index contributed by atoms with van der Waals surface area (Å²) >= 11 is 12.3. The molecule has 0 saturated heterocycles. The molecule has 32 heavy (non-hydrogen) atoms. The minimum atomic E-state index is -4.65. The molecule has 0 atom stereocenters. The van der Waals surface area contributed by atoms with E-state index in [1.165, 1.54) is 18.3 Å². The SMILES string of the molecule is Cc1cc(Cl)cc(C(=O)NC(C)C)c1NCc1cc(C(F)(F)F)nn1-c1ncccc1Cl. The predicted molar refractivity (Wildman–Crippen MR) is 117 cm³/mol. The van der Waals surface area contributed by atoms with Crippen molar-refractivity contribution in [1.29, 1.82) is 0 Å². The summed E-state index contributed by atoms with van der Waals surface area (Å²) in [6.45, 7) is 5.29. The Morgan fingerprint density at radius 1 is 1.22 bits per heavy atom. The molecule has 0 unspecified atom stereocenters. The van der Waals surface area contributed by atoms with Crippen molar-refractivity contribution in [2.45, 2.75) is 39.5 Å². The van der Waals surface area contributed by atoms with Crippen LogP contribution in [-0.2, 0) is 12.7 Å². The molecule has 3 aromatic rings. The number of anilines is 1. The standard InChI is InChI=1S/C21H20Cl2F3N5O/c1-11(2)29-20(32)15-8-13(22)7-12(3)18(15)28-10-14-9-17(21(24,25)26)30-31(14)19-16(23)5-4-6-27-19/h4-9,11,28H,10H2,1-3H3,(H,29,32). The van der Waals surface area contributed by atoms with Gasteiger partial charge in [0, 0.05) is 17.3 Å². The van der Waals surface area contributed by atoms with E-state index < -0.39 is 11.9 Å². The van der Waals surface area contributed by atoms with Crippen LogP contribution in [0.5, 0.6) is 0 Å². The van der Waals surface area contributed by atoms with Crippen LogP contribution in [0.2, 0.25) is 10.0 Å². The van der Waals surface area contributed by atoms with Gasteiger partial charge >= 0.3 is 6.18 Å². The number of hydrogen-bond donors (Lipinski definition) is 2. The fraction of sp³-hybridized carbons (Fsp3) is 0.286. The predicted octanol–water partition coefficient (Wildman–Crippen LogP) is 5.65. The molecule has 0 spiro atoms. The number of benzene rings is 1. The summed E-state index contributed by atoms with van der Waals surface area (Å²) in [4.78, 5) is 16.7. The van der Waals surface area contributed by atoms with Crippen LogP contribution in [-0.4, -0.2) is 26.7 Å². The summed E-state index contributed by atoms with van der Waals surface area (Å²) in [6, 6.07) is 7.03. The first-order valence-electron chi connectivity index (χ1n) is 9.59. The van der Waals surface area contributed by atoms with Gasteiger partial charge in [-0.15, -0.1) is 0 Å². The number of rotatable bonds is 6. The summed E-state index contributed by atoms with van der Waals surface area (Å²) in [5.74, 6) is -0.294. The first-order valence-corrected chi connectivity index (χ1v) is 10.3. The van der Waals surface area contributed by atoms with E-state index in [4.69, 9.17) is 23.2 Å². The van der Waals surface area contributed by atoms with Gasteiger partial charge < -0.3 is 10.6 Å². The zero-order valence-electron chi connectivity index (χ0n) is 17.4. The number of carbonyl (C=O) groups excluding carboxylic acids is 1. The average Bonchev–Trinajstić information content (AvgIpc) is 3.11. The fourth-order valence-electron chi connectivity index (χ4n) is 3.08. The number of amides is 1. The molecule has 0 bridgehead atoms. The number of aromatic nitrogens is 3. The second kappa shape index (κ2) is 9.38. The van der Waals surface area contributed by atoms with Crippen LogP contribution in [0, 0.1) is 6.92 Å². The second-order valence-electron chi connectivity index (χ2n) is 7.37. The molecule has 0 saturated carbocycles. The summed E-state index contributed by atoms with van der Waals surface area (Å²) < 4.78 is 41.1. The minimum Gasteiger partial charge on any atom is -0.379 e. The molecular formula is C21H20Cl2F3N5O. The third kappa shape index (κ3) is 5.34. The highest BCUT2D eigenvalue weighted by Gasteiger charge is 2.35. The van der Waals surface area contributed by atoms with Crippen molar-refractivity contribution in [3.8, 4) is 5.82 Å². The van der Waals surface area contributed by atoms with Crippen LogP contribution in [0.3, 0.4) is 0 Å². The van der Waals surface area contributed by atoms with Crippen LogP contribution < -0.4 is 10.6 Å². The van der Waals surface area contributed by atoms with E-state index in [0.717, 1.165) is 10.7 Å². The van der Waals surface area contributed by atoms with Crippen molar-refractivity contribution >= 4 is 34.8 Å². The molecule has 0 fully saturated rings. The molecule has 170 valence electrons. The number of hydrogen-bond acceptors (Lipinski definition) is 4. The third-order valence-corrected chi connectivity index (χ3v) is 4.94. The van der Waals surface area contributed by atoms with E-state index in [9.17, 15) is 18.0 Å². The topological polar surface area (TPSA) is 71.8 Å². The van der Waals surface area contributed by atoms with Crippen molar-refractivity contribution in [3.05, 3.63) is 69.1 Å². The normalized spacial score (nSPS) is 11.7. The molecule has 11 heteroatoms. The van der Waals surface area contributed by atoms with Crippen molar-refractivity contribution in [2.75, 3.05) is 5.32 Å². The Balaban J connectivity index is 2.01. The summed E-state index contributed by atoms with van der Waals surface area (Å²) in [5, 5.41) is 10.0. The van der Waals surface area contributed by atoms with Gasteiger partial charge in [0.05, 0.1) is 28.5 Å². The molecule has 2 aromatic heterocycles. The molecule has 0 aliphatic rings. The highest BCUT2D eigenvalue weighted by atomic mass is 35.5. The Hall–Kier alpha value is -2.78. The highest BCUT2D eigenvalue weighted by molar-refractivity contribution is 6.32. The molecule has 0 aliphatic carbocycles. The number of aryl methyl sites for hydroxylation is 1. The molecule has 2 heterocycles. The number of alkyl halides is 3. The van der Waals surface area contributed by atoms with Gasteiger partial charge in [0.2, 0.25) is 0 Å². The maximum atomic E-state index is 13.3. The van der Waals surface area contributed by atoms with Crippen LogP contribution in [0.1, 0.15) is 41.2 Å². The lowest BCUT2D eigenvalue weighted by atomic mass is 10.1. The van der Waals surface area contributed by atoms with Gasteiger partial charge in [-0.05, 0) is 56.7 Å². The van der Waals surface area contributed by atoms with Crippen molar-refractivity contribution in [1.82, 2.24) is 20.1 Å². The summed E-state index contributed by atoms with van der Waals surface area (Å²) in [6.07, 6.45) is -3.25. The number of halogens is 5. The maximum absolute atomic E-state index is 13.3. The summed E-state index contributed by atoms with van der Waals surface area (Å²) in [7, 11) is 0. The maximum Gasteiger partial charge on any atom is 0.435 e. The Labute approximate surface area is 192 Å². The lowest BCUT2D eigenvalue weighted by Crippen LogP contribution is -2.31. The van der Waals surface area contributed by atoms with Crippen molar-refractivity contribution in [2.24, 2.45) is 0 Å². The van der Waals surface area contributed by atoms with Crippen molar-refractivity contribution in [3.63, 3.8) is 0 Å². The molecule has 0 radical (unpaired) electrons. The van der Waals surface area contributed by atoms with Crippen molar-refractivity contribution < 1.29 is 18.0 Å². The van der Waals surface area contributed by atoms with Gasteiger partial charge in [-0.25, -0.2) is 9.67 Å². The van der Waals surface area contributed by atoms with Gasteiger partial charge in [-0.1, -0.05) is 23.2 Å². The van der Waals surface area contributed by atoms with E-state index in [-0.39, 0.29) is 40.6 Å². The molecule has 1 amide bonds. The first kappa shape index (κ1) is 23.9. The molecular weight excluding hydrogens is 466 g/mol. The Kier molecular flexibility index (Phi) is 7.00. The van der Waals surface area contributed by atoms with Crippen LogP contribution in [0.25, 0.3) is 5.82 Å². The lowest BCUT2D eigenvalue weighted by Gasteiger charge is -2.17. The Morgan fingerprint density at radius 3 is 2.56 bits per heavy atom. The lowest BCUT2D eigenvalue weighted by molar-refractivity contribution is -0.141. The summed E-state index contributed by atoms with van der Waals surface area (Å²) in [5.41, 5.74) is 0.455. The molecule has 3 rings (SSSR count). The van der Waals surface area contributed by atoms with Gasteiger partial charge in [0.1, 0.15) is 0 Å². The van der Waals surface area contributed by atoms with Gasteiger partial charge in [-0.3, -0.25) is 4.79 Å². The highest BCUT2D eigenvalue weighted by Crippen LogP contribution is 2.31. The monoisotopic (exact) mass is 485 g/mol. The van der Waals surface area contributed by atoms with E-state index in [1.54, 1.807) is 19.1 Å². The molecule has 1 aromatic carbocycles. The zero-order chi connectivity index (χ0) is 23.6. The van der Waals surface area contributed by atoms with E-state index in [1.807, 2.05) is 13.8 Å². The van der Waals surface area contributed by atoms with Gasteiger partial charge in [0.15, 0.2) is 11.5 Å². The van der Waals surface area contributed by atoms with E-state index in [0.29, 0.717) is 16.3 Å². The second-order valence-corrected chi connectivity index (χ2v) is 8.21. The largest absolute Gasteiger partial charge is 0.435 e. The number of pyridine rings is 1. The smallest absolute Gasteiger partial charge is 0.379 e. The Morgan fingerprint density at radius 2 is 1.94 bits per heavy atom. The van der Waals surface area contributed by atoms with Crippen LogP contribution in [0.4, 0.5) is 18.9 Å². The van der Waals surface area contributed by atoms with Gasteiger partial charge in [-0.2, -0.15) is 18.3 Å². The zero-order valence-corrected chi connectivity index (χ0v) is 18.9. The van der Waals surface area contributed by atoms with Crippen LogP contribution in [0.15, 0.2) is 36.5 Å². The first-order chi connectivity index (χ1) is 15.0. The quantitative estimate of drug-likeness (QED) is 0.473. The fourth-order valence-corrected chi connectivity index (χ4v) is 3.55. The molecule has 2 N–H and O–H groups in total. The number of carbonyl (C=O) groups is 1. The minimum absolute atomic E-state index is 0.0621. The van der Waals surface area contributed by atoms with Crippen LogP contribution >= 0.6 is 23.2 Å². The van der Waals surface area contributed by atoms with E-state index >= 15 is 0 Å². The number of nitrogens with one attached hydrogen (secondary N) is 2. The van der Waals surface area contributed by atoms with E-state index in [2.05, 4.69) is 20.7 Å². The van der Waals surface area contributed by atoms with Gasteiger partial charge in [0.25, 0.3) is 5.91 Å². The third-order valence-electron chi connectivity index (χ3n) is 4.42. The Bertz CT molecular complexity index is 1140.